The molecule has 1 aromatic rings. The molecule has 1 amide bonds. The number of carbonyl (C=O) groups excluding carboxylic acids is 3. The van der Waals surface area contributed by atoms with Crippen molar-refractivity contribution in [2.24, 2.45) is 23.2 Å². The van der Waals surface area contributed by atoms with Crippen LogP contribution in [0.1, 0.15) is 91.4 Å². The first-order valence-corrected chi connectivity index (χ1v) is 19.5. The first-order chi connectivity index (χ1) is 25.3. The maximum atomic E-state index is 14.6. The zero-order valence-electron chi connectivity index (χ0n) is 34.3. The molecule has 3 aliphatic heterocycles. The summed E-state index contributed by atoms with van der Waals surface area (Å²) >= 11 is 0. The lowest BCUT2D eigenvalue weighted by molar-refractivity contribution is -0.295. The van der Waals surface area contributed by atoms with E-state index < -0.39 is 65.3 Å². The van der Waals surface area contributed by atoms with Gasteiger partial charge in [0.2, 0.25) is 0 Å². The molecule has 9 atom stereocenters. The van der Waals surface area contributed by atoms with Gasteiger partial charge in [-0.15, -0.1) is 0 Å². The van der Waals surface area contributed by atoms with Crippen LogP contribution < -0.4 is 0 Å². The Hall–Kier alpha value is -3.10. The smallest absolute Gasteiger partial charge is 0.407 e. The molecule has 13 nitrogen and oxygen atoms in total. The monoisotopic (exact) mass is 759 g/mol. The SMILES string of the molecule is COC1(C)CC(C)CN(C(=O)O)C(C2CCN(C(C)C)CC2)COC(=O)C(C)(C)C(=O)C(C)C1O[C@@H]1O[C@H](C)C[C@H](N(C)C)[C@H]1OC(=O)c1ccccc1. The second-order valence-electron chi connectivity index (χ2n) is 17.0. The Kier molecular flexibility index (Phi) is 14.7. The number of ether oxygens (including phenoxy) is 5. The number of piperidine rings is 1. The Balaban J connectivity index is 1.74. The molecular weight excluding hydrogens is 694 g/mol. The van der Waals surface area contributed by atoms with Gasteiger partial charge in [0.25, 0.3) is 0 Å². The van der Waals surface area contributed by atoms with Gasteiger partial charge < -0.3 is 43.5 Å². The van der Waals surface area contributed by atoms with Crippen LogP contribution in [0.5, 0.6) is 0 Å². The second kappa shape index (κ2) is 18.2. The number of cyclic esters (lactones) is 1. The van der Waals surface area contributed by atoms with E-state index in [-0.39, 0.29) is 37.1 Å². The quantitative estimate of drug-likeness (QED) is 0.270. The maximum absolute atomic E-state index is 14.6. The molecule has 3 saturated heterocycles. The van der Waals surface area contributed by atoms with E-state index in [2.05, 4.69) is 18.7 Å². The maximum Gasteiger partial charge on any atom is 0.407 e. The van der Waals surface area contributed by atoms with Crippen molar-refractivity contribution in [1.82, 2.24) is 14.7 Å². The fraction of sp³-hybridized carbons (Fsp3) is 0.756. The van der Waals surface area contributed by atoms with Crippen LogP contribution in [0.15, 0.2) is 30.3 Å². The Morgan fingerprint density at radius 2 is 1.65 bits per heavy atom. The molecule has 54 heavy (non-hydrogen) atoms. The largest absolute Gasteiger partial charge is 0.465 e. The van der Waals surface area contributed by atoms with E-state index in [9.17, 15) is 24.3 Å². The average Bonchev–Trinajstić information content (AvgIpc) is 3.13. The third kappa shape index (κ3) is 10.0. The van der Waals surface area contributed by atoms with Gasteiger partial charge in [-0.25, -0.2) is 9.59 Å². The average molecular weight is 760 g/mol. The molecule has 304 valence electrons. The van der Waals surface area contributed by atoms with Crippen molar-refractivity contribution in [2.45, 2.75) is 129 Å². The van der Waals surface area contributed by atoms with Crippen molar-refractivity contribution < 1.29 is 48.0 Å². The van der Waals surface area contributed by atoms with Gasteiger partial charge in [0.05, 0.1) is 35.5 Å². The summed E-state index contributed by atoms with van der Waals surface area (Å²) in [6, 6.07) is 8.18. The van der Waals surface area contributed by atoms with E-state index >= 15 is 0 Å². The summed E-state index contributed by atoms with van der Waals surface area (Å²) in [6.45, 7) is 16.4. The van der Waals surface area contributed by atoms with E-state index in [1.165, 1.54) is 25.9 Å². The summed E-state index contributed by atoms with van der Waals surface area (Å²) in [7, 11) is 5.34. The van der Waals surface area contributed by atoms with E-state index in [0.717, 1.165) is 25.9 Å². The predicted octanol–water partition coefficient (Wildman–Crippen LogP) is 5.35. The molecule has 0 saturated carbocycles. The number of likely N-dealkylation sites (N-methyl/N-ethyl adjacent to an activating group) is 1. The standard InChI is InChI=1S/C41H65N3O10/c1-25(2)43-19-17-29(18-20-43)32-24-51-38(47)40(6,7)34(45)28(5)35(41(8,50-11)22-26(3)23-44(32)39(48)49)54-37-33(31(42(9)10)21-27(4)52-37)53-36(46)30-15-13-12-14-16-30/h12-16,25-29,31-33,35,37H,17-24H2,1-11H3,(H,48,49)/t26?,27-,28?,31+,32?,33-,35?,37+,41?/m1/s1. The van der Waals surface area contributed by atoms with Crippen molar-refractivity contribution >= 4 is 23.8 Å². The number of benzene rings is 1. The van der Waals surface area contributed by atoms with Crippen LogP contribution in [0.2, 0.25) is 0 Å². The minimum Gasteiger partial charge on any atom is -0.465 e. The number of methoxy groups -OCH3 is 1. The van der Waals surface area contributed by atoms with Gasteiger partial charge in [0.15, 0.2) is 18.2 Å². The number of carboxylic acid groups (broad SMARTS) is 1. The van der Waals surface area contributed by atoms with Crippen LogP contribution >= 0.6 is 0 Å². The molecule has 4 rings (SSSR count). The number of esters is 2. The molecule has 0 aliphatic carbocycles. The van der Waals surface area contributed by atoms with E-state index in [1.807, 2.05) is 45.8 Å². The predicted molar refractivity (Wildman–Crippen MR) is 203 cm³/mol. The van der Waals surface area contributed by atoms with Gasteiger partial charge in [0, 0.05) is 25.6 Å². The molecule has 5 unspecified atom stereocenters. The lowest BCUT2D eigenvalue weighted by Crippen LogP contribution is -2.60. The molecule has 0 spiro atoms. The molecule has 3 heterocycles. The first-order valence-electron chi connectivity index (χ1n) is 19.5. The van der Waals surface area contributed by atoms with E-state index in [0.29, 0.717) is 24.4 Å². The number of carbonyl (C=O) groups is 4. The van der Waals surface area contributed by atoms with Crippen LogP contribution in [-0.2, 0) is 33.3 Å². The fourth-order valence-corrected chi connectivity index (χ4v) is 8.68. The second-order valence-corrected chi connectivity index (χ2v) is 17.0. The molecule has 3 aliphatic rings. The minimum atomic E-state index is -1.61. The van der Waals surface area contributed by atoms with Crippen LogP contribution in [0, 0.1) is 23.2 Å². The van der Waals surface area contributed by atoms with Crippen LogP contribution in [-0.4, -0.2) is 139 Å². The number of rotatable bonds is 8. The van der Waals surface area contributed by atoms with Gasteiger partial charge in [-0.2, -0.15) is 0 Å². The number of likely N-dealkylation sites (tertiary alicyclic amines) is 1. The Bertz CT molecular complexity index is 1430. The summed E-state index contributed by atoms with van der Waals surface area (Å²) < 4.78 is 31.7. The molecule has 3 fully saturated rings. The third-order valence-corrected chi connectivity index (χ3v) is 12.0. The first kappa shape index (κ1) is 43.6. The lowest BCUT2D eigenvalue weighted by Gasteiger charge is -2.48. The zero-order valence-corrected chi connectivity index (χ0v) is 34.3. The topological polar surface area (TPSA) is 144 Å². The molecule has 13 heteroatoms. The van der Waals surface area contributed by atoms with Crippen molar-refractivity contribution in [2.75, 3.05) is 47.4 Å². The molecule has 1 aromatic carbocycles. The highest BCUT2D eigenvalue weighted by atomic mass is 16.7. The Morgan fingerprint density at radius 3 is 2.20 bits per heavy atom. The van der Waals surface area contributed by atoms with Crippen molar-refractivity contribution in [1.29, 1.82) is 0 Å². The van der Waals surface area contributed by atoms with Gasteiger partial charge in [-0.05, 0) is 118 Å². The third-order valence-electron chi connectivity index (χ3n) is 12.0. The highest BCUT2D eigenvalue weighted by Crippen LogP contribution is 2.39. The zero-order chi connectivity index (χ0) is 40.1. The van der Waals surface area contributed by atoms with Crippen molar-refractivity contribution in [3.8, 4) is 0 Å². The summed E-state index contributed by atoms with van der Waals surface area (Å²) in [5.74, 6) is -2.92. The van der Waals surface area contributed by atoms with Crippen molar-refractivity contribution in [3.05, 3.63) is 35.9 Å². The van der Waals surface area contributed by atoms with Gasteiger partial charge in [0.1, 0.15) is 12.0 Å². The number of amides is 1. The van der Waals surface area contributed by atoms with E-state index in [1.54, 1.807) is 31.2 Å². The van der Waals surface area contributed by atoms with Crippen LogP contribution in [0.4, 0.5) is 4.79 Å². The summed E-state index contributed by atoms with van der Waals surface area (Å²) in [5.41, 5.74) is -2.42. The highest BCUT2D eigenvalue weighted by molar-refractivity contribution is 6.04. The Labute approximate surface area is 321 Å². The normalized spacial score (nSPS) is 33.8. The number of Topliss-reactive ketones (excluding diaryl/α,β-unsaturated/α-hetero) is 1. The number of hydrogen-bond donors (Lipinski definition) is 1. The van der Waals surface area contributed by atoms with Gasteiger partial charge in [-0.3, -0.25) is 9.59 Å². The summed E-state index contributed by atoms with van der Waals surface area (Å²) in [6.07, 6.45) is -2.03. The summed E-state index contributed by atoms with van der Waals surface area (Å²) in [5, 5.41) is 10.6. The van der Waals surface area contributed by atoms with Crippen LogP contribution in [0.25, 0.3) is 0 Å². The van der Waals surface area contributed by atoms with Crippen LogP contribution in [0.3, 0.4) is 0 Å². The molecule has 0 aromatic heterocycles. The number of hydrogen-bond acceptors (Lipinski definition) is 11. The lowest BCUT2D eigenvalue weighted by atomic mass is 9.74. The molecule has 1 N–H and O–H groups in total. The molecule has 0 radical (unpaired) electrons. The van der Waals surface area contributed by atoms with Gasteiger partial charge >= 0.3 is 18.0 Å². The fourth-order valence-electron chi connectivity index (χ4n) is 8.68. The number of nitrogens with zero attached hydrogens (tertiary/aromatic N) is 3. The molecule has 0 bridgehead atoms. The molecular formula is C41H65N3O10. The minimum absolute atomic E-state index is 0.0329. The number of ketones is 1. The van der Waals surface area contributed by atoms with E-state index in [4.69, 9.17) is 23.7 Å². The highest BCUT2D eigenvalue weighted by Gasteiger charge is 2.53. The van der Waals surface area contributed by atoms with Gasteiger partial charge in [-0.1, -0.05) is 32.0 Å². The Morgan fingerprint density at radius 1 is 1.02 bits per heavy atom. The van der Waals surface area contributed by atoms with Crippen molar-refractivity contribution in [3.63, 3.8) is 0 Å². The summed E-state index contributed by atoms with van der Waals surface area (Å²) in [4.78, 5) is 60.8.